The largest absolute Gasteiger partial charge is 0.371 e. The van der Waals surface area contributed by atoms with E-state index in [4.69, 9.17) is 0 Å². The minimum absolute atomic E-state index is 0.0198. The third kappa shape index (κ3) is 3.24. The topological polar surface area (TPSA) is 87.5 Å². The van der Waals surface area contributed by atoms with E-state index in [2.05, 4.69) is 10.6 Å². The Bertz CT molecular complexity index is 506. The first-order chi connectivity index (χ1) is 9.59. The van der Waals surface area contributed by atoms with Crippen molar-refractivity contribution in [3.8, 4) is 0 Å². The van der Waals surface area contributed by atoms with Gasteiger partial charge in [0.15, 0.2) is 0 Å². The van der Waals surface area contributed by atoms with Gasteiger partial charge in [-0.3, -0.25) is 14.9 Å². The molecule has 108 valence electrons. The van der Waals surface area contributed by atoms with Crippen LogP contribution >= 0.6 is 0 Å². The molecule has 0 bridgehead atoms. The third-order valence-electron chi connectivity index (χ3n) is 3.35. The molecule has 1 saturated heterocycles. The maximum absolute atomic E-state index is 12.1. The maximum atomic E-state index is 12.1. The molecule has 1 amide bonds. The fraction of sp³-hybridized carbons (Fsp3) is 0.462. The summed E-state index contributed by atoms with van der Waals surface area (Å²) >= 11 is 0. The third-order valence-corrected chi connectivity index (χ3v) is 3.35. The molecule has 1 aliphatic heterocycles. The fourth-order valence-corrected chi connectivity index (χ4v) is 2.27. The van der Waals surface area contributed by atoms with Crippen LogP contribution in [0.2, 0.25) is 0 Å². The predicted molar refractivity (Wildman–Crippen MR) is 75.6 cm³/mol. The molecule has 2 rings (SSSR count). The smallest absolute Gasteiger partial charge is 0.292 e. The summed E-state index contributed by atoms with van der Waals surface area (Å²) in [6.07, 6.45) is 0. The molecular weight excluding hydrogens is 260 g/mol. The Morgan fingerprint density at radius 2 is 2.30 bits per heavy atom. The number of carbonyl (C=O) groups excluding carboxylic acids is 1. The van der Waals surface area contributed by atoms with E-state index in [9.17, 15) is 14.9 Å². The molecule has 0 spiro atoms. The zero-order chi connectivity index (χ0) is 14.5. The second kappa shape index (κ2) is 6.33. The molecule has 0 radical (unpaired) electrons. The van der Waals surface area contributed by atoms with Gasteiger partial charge in [0.2, 0.25) is 5.91 Å². The Kier molecular flexibility index (Phi) is 4.52. The van der Waals surface area contributed by atoms with Crippen LogP contribution in [-0.4, -0.2) is 48.0 Å². The summed E-state index contributed by atoms with van der Waals surface area (Å²) in [7, 11) is 0. The number of nitrogens with zero attached hydrogens (tertiary/aromatic N) is 2. The predicted octanol–water partition coefficient (Wildman–Crippen LogP) is 0.827. The van der Waals surface area contributed by atoms with Gasteiger partial charge in [0, 0.05) is 31.7 Å². The summed E-state index contributed by atoms with van der Waals surface area (Å²) in [6.45, 7) is 4.27. The molecule has 1 aromatic carbocycles. The molecule has 0 saturated carbocycles. The Hall–Kier alpha value is -2.15. The summed E-state index contributed by atoms with van der Waals surface area (Å²) in [5.74, 6) is -0.0443. The number of hydrogen-bond donors (Lipinski definition) is 2. The van der Waals surface area contributed by atoms with Crippen LogP contribution in [0.5, 0.6) is 0 Å². The van der Waals surface area contributed by atoms with Crippen molar-refractivity contribution in [1.29, 1.82) is 0 Å². The average molecular weight is 278 g/mol. The highest BCUT2D eigenvalue weighted by Gasteiger charge is 2.23. The number of piperazine rings is 1. The van der Waals surface area contributed by atoms with E-state index in [0.717, 1.165) is 13.1 Å². The van der Waals surface area contributed by atoms with Crippen molar-refractivity contribution in [2.45, 2.75) is 13.0 Å². The molecule has 2 N–H and O–H groups in total. The minimum Gasteiger partial charge on any atom is -0.371 e. The van der Waals surface area contributed by atoms with E-state index >= 15 is 0 Å². The summed E-state index contributed by atoms with van der Waals surface area (Å²) in [5, 5.41) is 17.0. The molecule has 1 aromatic rings. The first kappa shape index (κ1) is 14.3. The van der Waals surface area contributed by atoms with Crippen molar-refractivity contribution in [2.75, 3.05) is 31.5 Å². The van der Waals surface area contributed by atoms with Gasteiger partial charge in [0.1, 0.15) is 5.69 Å². The van der Waals surface area contributed by atoms with Crippen LogP contribution < -0.4 is 10.6 Å². The zero-order valence-corrected chi connectivity index (χ0v) is 11.3. The van der Waals surface area contributed by atoms with Crippen molar-refractivity contribution in [3.05, 3.63) is 34.4 Å². The number of hydrogen-bond acceptors (Lipinski definition) is 5. The van der Waals surface area contributed by atoms with Gasteiger partial charge in [-0.1, -0.05) is 12.1 Å². The summed E-state index contributed by atoms with van der Waals surface area (Å²) in [5.41, 5.74) is 0.349. The van der Waals surface area contributed by atoms with Gasteiger partial charge >= 0.3 is 0 Å². The van der Waals surface area contributed by atoms with E-state index in [-0.39, 0.29) is 24.2 Å². The molecular formula is C13H18N4O3. The highest BCUT2D eigenvalue weighted by Crippen LogP contribution is 2.22. The zero-order valence-electron chi connectivity index (χ0n) is 11.3. The van der Waals surface area contributed by atoms with E-state index in [0.29, 0.717) is 12.2 Å². The van der Waals surface area contributed by atoms with Gasteiger partial charge in [-0.15, -0.1) is 0 Å². The van der Waals surface area contributed by atoms with Crippen molar-refractivity contribution >= 4 is 17.3 Å². The van der Waals surface area contributed by atoms with E-state index in [1.165, 1.54) is 6.07 Å². The van der Waals surface area contributed by atoms with Gasteiger partial charge in [-0.25, -0.2) is 0 Å². The lowest BCUT2D eigenvalue weighted by Crippen LogP contribution is -2.53. The number of para-hydroxylation sites is 2. The first-order valence-corrected chi connectivity index (χ1v) is 6.57. The van der Waals surface area contributed by atoms with Crippen LogP contribution in [0, 0.1) is 10.1 Å². The second-order valence-corrected chi connectivity index (χ2v) is 4.77. The molecule has 7 nitrogen and oxygen atoms in total. The monoisotopic (exact) mass is 278 g/mol. The Balaban J connectivity index is 1.98. The van der Waals surface area contributed by atoms with E-state index in [1.54, 1.807) is 23.1 Å². The highest BCUT2D eigenvalue weighted by atomic mass is 16.6. The standard InChI is InChI=1S/C13H18N4O3/c1-10-8-14-6-7-16(10)13(18)9-15-11-4-2-3-5-12(11)17(19)20/h2-5,10,14-15H,6-9H2,1H3/t10-/m0/s1. The van der Waals surface area contributed by atoms with Gasteiger partial charge < -0.3 is 15.5 Å². The molecule has 1 aliphatic rings. The van der Waals surface area contributed by atoms with Gasteiger partial charge in [0.05, 0.1) is 11.5 Å². The normalized spacial score (nSPS) is 18.6. The summed E-state index contributed by atoms with van der Waals surface area (Å²) < 4.78 is 0. The van der Waals surface area contributed by atoms with Crippen molar-refractivity contribution in [3.63, 3.8) is 0 Å². The molecule has 1 atom stereocenters. The average Bonchev–Trinajstić information content (AvgIpc) is 2.45. The van der Waals surface area contributed by atoms with Crippen molar-refractivity contribution in [2.24, 2.45) is 0 Å². The number of nitrogens with one attached hydrogen (secondary N) is 2. The molecule has 0 unspecified atom stereocenters. The Morgan fingerprint density at radius 1 is 1.55 bits per heavy atom. The first-order valence-electron chi connectivity index (χ1n) is 6.57. The van der Waals surface area contributed by atoms with Crippen LogP contribution in [0.15, 0.2) is 24.3 Å². The number of nitro benzene ring substituents is 1. The minimum atomic E-state index is -0.458. The van der Waals surface area contributed by atoms with E-state index in [1.807, 2.05) is 6.92 Å². The Labute approximate surface area is 117 Å². The number of anilines is 1. The SMILES string of the molecule is C[C@H]1CNCCN1C(=O)CNc1ccccc1[N+](=O)[O-]. The molecule has 1 fully saturated rings. The van der Waals surface area contributed by atoms with Crippen LogP contribution in [0.4, 0.5) is 11.4 Å². The molecule has 20 heavy (non-hydrogen) atoms. The lowest BCUT2D eigenvalue weighted by Gasteiger charge is -2.34. The molecule has 1 heterocycles. The van der Waals surface area contributed by atoms with Crippen molar-refractivity contribution in [1.82, 2.24) is 10.2 Å². The molecule has 7 heteroatoms. The molecule has 0 aliphatic carbocycles. The van der Waals surface area contributed by atoms with Crippen LogP contribution in [-0.2, 0) is 4.79 Å². The van der Waals surface area contributed by atoms with Crippen LogP contribution in [0.25, 0.3) is 0 Å². The highest BCUT2D eigenvalue weighted by molar-refractivity contribution is 5.82. The quantitative estimate of drug-likeness (QED) is 0.629. The van der Waals surface area contributed by atoms with Gasteiger partial charge in [0.25, 0.3) is 5.69 Å². The van der Waals surface area contributed by atoms with Crippen LogP contribution in [0.1, 0.15) is 6.92 Å². The number of benzene rings is 1. The van der Waals surface area contributed by atoms with E-state index < -0.39 is 4.92 Å². The summed E-state index contributed by atoms with van der Waals surface area (Å²) in [4.78, 5) is 24.3. The van der Waals surface area contributed by atoms with Gasteiger partial charge in [-0.05, 0) is 13.0 Å². The summed E-state index contributed by atoms with van der Waals surface area (Å²) in [6, 6.07) is 6.47. The number of rotatable bonds is 4. The fourth-order valence-electron chi connectivity index (χ4n) is 2.27. The number of carbonyl (C=O) groups is 1. The van der Waals surface area contributed by atoms with Crippen LogP contribution in [0.3, 0.4) is 0 Å². The molecule has 0 aromatic heterocycles. The Morgan fingerprint density at radius 3 is 3.00 bits per heavy atom. The number of amides is 1. The maximum Gasteiger partial charge on any atom is 0.292 e. The van der Waals surface area contributed by atoms with Crippen molar-refractivity contribution < 1.29 is 9.72 Å². The number of nitro groups is 1. The second-order valence-electron chi connectivity index (χ2n) is 4.77. The van der Waals surface area contributed by atoms with Gasteiger partial charge in [-0.2, -0.15) is 0 Å². The lowest BCUT2D eigenvalue weighted by molar-refractivity contribution is -0.383. The lowest BCUT2D eigenvalue weighted by atomic mass is 10.2.